The van der Waals surface area contributed by atoms with E-state index < -0.39 is 27.1 Å². The normalized spacial score (nSPS) is 12.9. The molecule has 0 N–H and O–H groups in total. The SMILES string of the molecule is CCO[Si](CCCSC(C)(C)C(=O)OCCCCOC(=O)C(C)(C)SCCC[Si](OCC)(OCC)OCC)(OCC)OCC. The van der Waals surface area contributed by atoms with Crippen LogP contribution < -0.4 is 0 Å². The maximum Gasteiger partial charge on any atom is 0.500 e. The van der Waals surface area contributed by atoms with Crippen molar-refractivity contribution < 1.29 is 45.6 Å². The lowest BCUT2D eigenvalue weighted by molar-refractivity contribution is -0.148. The van der Waals surface area contributed by atoms with Crippen molar-refractivity contribution in [2.45, 2.75) is 117 Å². The van der Waals surface area contributed by atoms with Gasteiger partial charge in [-0.3, -0.25) is 9.59 Å². The van der Waals surface area contributed by atoms with Gasteiger partial charge in [-0.2, -0.15) is 0 Å². The van der Waals surface area contributed by atoms with Crippen LogP contribution in [0.4, 0.5) is 0 Å². The topological polar surface area (TPSA) is 108 Å². The number of thioether (sulfide) groups is 2. The third kappa shape index (κ3) is 17.7. The van der Waals surface area contributed by atoms with E-state index in [1.54, 1.807) is 23.5 Å². The minimum Gasteiger partial charge on any atom is -0.465 e. The number of esters is 2. The van der Waals surface area contributed by atoms with Crippen molar-refractivity contribution in [1.29, 1.82) is 0 Å². The van der Waals surface area contributed by atoms with Crippen LogP contribution in [-0.4, -0.2) is 103 Å². The van der Waals surface area contributed by atoms with E-state index in [4.69, 9.17) is 36.0 Å². The number of rotatable bonds is 29. The van der Waals surface area contributed by atoms with Crippen LogP contribution in [0.25, 0.3) is 0 Å². The molecule has 0 saturated carbocycles. The Hall–Kier alpha value is -0.166. The van der Waals surface area contributed by atoms with Crippen LogP contribution in [0.1, 0.15) is 94.9 Å². The van der Waals surface area contributed by atoms with Gasteiger partial charge in [0.15, 0.2) is 0 Å². The van der Waals surface area contributed by atoms with Crippen molar-refractivity contribution in [1.82, 2.24) is 0 Å². The molecule has 0 aliphatic rings. The second-order valence-corrected chi connectivity index (χ2v) is 19.8. The molecule has 44 heavy (non-hydrogen) atoms. The average molecular weight is 703 g/mol. The van der Waals surface area contributed by atoms with Crippen molar-refractivity contribution in [3.8, 4) is 0 Å². The highest BCUT2D eigenvalue weighted by Crippen LogP contribution is 2.30. The molecule has 0 aromatic heterocycles. The average Bonchev–Trinajstić information content (AvgIpc) is 2.96. The lowest BCUT2D eigenvalue weighted by Crippen LogP contribution is -2.46. The molecule has 0 bridgehead atoms. The Balaban J connectivity index is 4.39. The van der Waals surface area contributed by atoms with Crippen LogP contribution in [-0.2, 0) is 45.6 Å². The van der Waals surface area contributed by atoms with Crippen LogP contribution in [0.3, 0.4) is 0 Å². The first-order valence-corrected chi connectivity index (χ1v) is 22.1. The molecule has 0 heterocycles. The highest BCUT2D eigenvalue weighted by atomic mass is 32.2. The molecule has 262 valence electrons. The molecule has 0 fully saturated rings. The Morgan fingerprint density at radius 1 is 0.500 bits per heavy atom. The summed E-state index contributed by atoms with van der Waals surface area (Å²) >= 11 is 3.13. The molecule has 0 rings (SSSR count). The fraction of sp³-hybridized carbons (Fsp3) is 0.933. The van der Waals surface area contributed by atoms with Gasteiger partial charge in [0, 0.05) is 51.7 Å². The van der Waals surface area contributed by atoms with Crippen molar-refractivity contribution in [2.24, 2.45) is 0 Å². The predicted octanol–water partition coefficient (Wildman–Crippen LogP) is 6.75. The summed E-state index contributed by atoms with van der Waals surface area (Å²) in [6.45, 7) is 23.1. The first kappa shape index (κ1) is 43.8. The molecule has 14 heteroatoms. The first-order chi connectivity index (χ1) is 20.8. The Labute approximate surface area is 278 Å². The molecule has 0 spiro atoms. The summed E-state index contributed by atoms with van der Waals surface area (Å²) in [7, 11) is -5.35. The van der Waals surface area contributed by atoms with E-state index in [9.17, 15) is 9.59 Å². The van der Waals surface area contributed by atoms with Gasteiger partial charge in [-0.05, 0) is 106 Å². The summed E-state index contributed by atoms with van der Waals surface area (Å²) in [5.41, 5.74) is 0. The van der Waals surface area contributed by atoms with Gasteiger partial charge in [0.2, 0.25) is 0 Å². The molecule has 0 aliphatic heterocycles. The smallest absolute Gasteiger partial charge is 0.465 e. The van der Waals surface area contributed by atoms with E-state index in [2.05, 4.69) is 0 Å². The number of carbonyl (C=O) groups is 2. The molecule has 0 aliphatic carbocycles. The number of hydrogen-bond acceptors (Lipinski definition) is 12. The van der Waals surface area contributed by atoms with Gasteiger partial charge in [0.1, 0.15) is 9.49 Å². The zero-order valence-electron chi connectivity index (χ0n) is 29.2. The molecule has 0 radical (unpaired) electrons. The van der Waals surface area contributed by atoms with Crippen molar-refractivity contribution in [3.05, 3.63) is 0 Å². The molecule has 0 amide bonds. The summed E-state index contributed by atoms with van der Waals surface area (Å²) in [5.74, 6) is 1.04. The van der Waals surface area contributed by atoms with E-state index in [-0.39, 0.29) is 11.9 Å². The third-order valence-electron chi connectivity index (χ3n) is 6.35. The quantitative estimate of drug-likeness (QED) is 0.0467. The lowest BCUT2D eigenvalue weighted by atomic mass is 10.2. The minimum atomic E-state index is -2.68. The highest BCUT2D eigenvalue weighted by molar-refractivity contribution is 8.01. The van der Waals surface area contributed by atoms with Crippen LogP contribution in [0.5, 0.6) is 0 Å². The summed E-state index contributed by atoms with van der Waals surface area (Å²) in [6.07, 6.45) is 2.89. The number of ether oxygens (including phenoxy) is 2. The number of unbranched alkanes of at least 4 members (excludes halogenated alkanes) is 1. The van der Waals surface area contributed by atoms with E-state index in [0.29, 0.717) is 77.8 Å². The predicted molar refractivity (Wildman–Crippen MR) is 184 cm³/mol. The number of hydrogen-bond donors (Lipinski definition) is 0. The van der Waals surface area contributed by atoms with E-state index in [1.807, 2.05) is 69.2 Å². The van der Waals surface area contributed by atoms with Gasteiger partial charge in [-0.25, -0.2) is 0 Å². The van der Waals surface area contributed by atoms with Gasteiger partial charge in [-0.1, -0.05) is 0 Å². The van der Waals surface area contributed by atoms with Crippen LogP contribution >= 0.6 is 23.5 Å². The van der Waals surface area contributed by atoms with Gasteiger partial charge >= 0.3 is 29.5 Å². The zero-order chi connectivity index (χ0) is 33.5. The number of carbonyl (C=O) groups excluding carboxylic acids is 2. The summed E-state index contributed by atoms with van der Waals surface area (Å²) in [6, 6.07) is 1.43. The van der Waals surface area contributed by atoms with Crippen LogP contribution in [0.15, 0.2) is 0 Å². The van der Waals surface area contributed by atoms with Gasteiger partial charge in [0.05, 0.1) is 13.2 Å². The zero-order valence-corrected chi connectivity index (χ0v) is 32.8. The van der Waals surface area contributed by atoms with E-state index in [1.165, 1.54) is 0 Å². The van der Waals surface area contributed by atoms with Gasteiger partial charge in [0.25, 0.3) is 0 Å². The Morgan fingerprint density at radius 2 is 0.773 bits per heavy atom. The van der Waals surface area contributed by atoms with Gasteiger partial charge in [-0.15, -0.1) is 23.5 Å². The summed E-state index contributed by atoms with van der Waals surface area (Å²) < 4.78 is 45.2. The monoisotopic (exact) mass is 702 g/mol. The Kier molecular flexibility index (Phi) is 24.0. The largest absolute Gasteiger partial charge is 0.500 e. The van der Waals surface area contributed by atoms with Crippen molar-refractivity contribution in [3.63, 3.8) is 0 Å². The van der Waals surface area contributed by atoms with Crippen LogP contribution in [0.2, 0.25) is 12.1 Å². The van der Waals surface area contributed by atoms with E-state index in [0.717, 1.165) is 24.3 Å². The summed E-state index contributed by atoms with van der Waals surface area (Å²) in [4.78, 5) is 25.4. The molecule has 0 saturated heterocycles. The fourth-order valence-corrected chi connectivity index (χ4v) is 11.9. The Bertz CT molecular complexity index is 678. The maximum atomic E-state index is 12.7. The van der Waals surface area contributed by atoms with Crippen molar-refractivity contribution in [2.75, 3.05) is 64.4 Å². The maximum absolute atomic E-state index is 12.7. The molecule has 0 aromatic rings. The first-order valence-electron chi connectivity index (χ1n) is 16.3. The standard InChI is InChI=1S/C30H62O10S2Si2/c1-11-35-43(36-12-2,37-13-3)25-19-23-41-29(7,8)27(31)33-21-17-18-22-34-28(32)30(9,10)42-24-20-26-44(38-14-4,39-15-5)40-16-6/h11-26H2,1-10H3. The lowest BCUT2D eigenvalue weighted by Gasteiger charge is -2.29. The third-order valence-corrected chi connectivity index (χ3v) is 15.4. The highest BCUT2D eigenvalue weighted by Gasteiger charge is 2.41. The molecule has 0 aromatic carbocycles. The second kappa shape index (κ2) is 24.0. The molecular weight excluding hydrogens is 641 g/mol. The minimum absolute atomic E-state index is 0.245. The second-order valence-electron chi connectivity index (χ2n) is 10.9. The van der Waals surface area contributed by atoms with Crippen LogP contribution in [0, 0.1) is 0 Å². The molecule has 0 atom stereocenters. The Morgan fingerprint density at radius 3 is 1.02 bits per heavy atom. The molecular formula is C30H62O10S2Si2. The fourth-order valence-electron chi connectivity index (χ4n) is 4.23. The van der Waals surface area contributed by atoms with E-state index >= 15 is 0 Å². The molecule has 0 unspecified atom stereocenters. The van der Waals surface area contributed by atoms with Crippen molar-refractivity contribution >= 4 is 53.1 Å². The molecule has 10 nitrogen and oxygen atoms in total. The van der Waals surface area contributed by atoms with Gasteiger partial charge < -0.3 is 36.0 Å². The summed E-state index contributed by atoms with van der Waals surface area (Å²) in [5, 5.41) is 0.